The Bertz CT molecular complexity index is 569. The second-order valence-corrected chi connectivity index (χ2v) is 7.22. The van der Waals surface area contributed by atoms with Crippen LogP contribution in [-0.2, 0) is 4.74 Å². The maximum absolute atomic E-state index is 13.4. The smallest absolute Gasteiger partial charge is 0.410 e. The molecule has 5 heteroatoms. The number of likely N-dealkylation sites (N-methyl/N-ethyl adjacent to an activating group) is 1. The van der Waals surface area contributed by atoms with Gasteiger partial charge in [-0.25, -0.2) is 9.18 Å². The summed E-state index contributed by atoms with van der Waals surface area (Å²) in [5.41, 5.74) is 1.50. The fraction of sp³-hybridized carbons (Fsp3) is 0.611. The summed E-state index contributed by atoms with van der Waals surface area (Å²) in [6.45, 7) is 8.76. The van der Waals surface area contributed by atoms with Gasteiger partial charge in [0.1, 0.15) is 11.4 Å². The molecule has 2 atom stereocenters. The lowest BCUT2D eigenvalue weighted by molar-refractivity contribution is 0.0177. The van der Waals surface area contributed by atoms with Gasteiger partial charge in [-0.2, -0.15) is 0 Å². The molecular weight excluding hydrogens is 295 g/mol. The number of likely N-dealkylation sites (tertiary alicyclic amines) is 1. The van der Waals surface area contributed by atoms with Gasteiger partial charge in [0.25, 0.3) is 0 Å². The summed E-state index contributed by atoms with van der Waals surface area (Å²) in [7, 11) is 1.93. The van der Waals surface area contributed by atoms with Gasteiger partial charge < -0.3 is 15.0 Å². The van der Waals surface area contributed by atoms with E-state index in [1.165, 1.54) is 6.07 Å². The Morgan fingerprint density at radius 1 is 1.39 bits per heavy atom. The van der Waals surface area contributed by atoms with Crippen LogP contribution in [0.4, 0.5) is 9.18 Å². The molecular formula is C18H27FN2O2. The van der Waals surface area contributed by atoms with E-state index >= 15 is 0 Å². The van der Waals surface area contributed by atoms with Crippen molar-refractivity contribution in [3.63, 3.8) is 0 Å². The monoisotopic (exact) mass is 322 g/mol. The lowest BCUT2D eigenvalue weighted by Crippen LogP contribution is -2.50. The van der Waals surface area contributed by atoms with Crippen LogP contribution in [0.25, 0.3) is 0 Å². The molecule has 1 aromatic carbocycles. The molecule has 1 saturated heterocycles. The third-order valence-corrected chi connectivity index (χ3v) is 4.27. The molecule has 4 nitrogen and oxygen atoms in total. The molecule has 0 saturated carbocycles. The molecule has 128 valence electrons. The van der Waals surface area contributed by atoms with Crippen molar-refractivity contribution in [2.24, 2.45) is 0 Å². The highest BCUT2D eigenvalue weighted by Gasteiger charge is 2.34. The van der Waals surface area contributed by atoms with E-state index in [2.05, 4.69) is 5.32 Å². The van der Waals surface area contributed by atoms with Crippen molar-refractivity contribution in [2.75, 3.05) is 20.1 Å². The lowest BCUT2D eigenvalue weighted by Gasteiger charge is -2.39. The van der Waals surface area contributed by atoms with Crippen LogP contribution in [0.15, 0.2) is 18.2 Å². The van der Waals surface area contributed by atoms with Gasteiger partial charge in [-0.05, 0) is 64.4 Å². The Morgan fingerprint density at radius 3 is 2.65 bits per heavy atom. The minimum absolute atomic E-state index is 0.127. The molecule has 0 spiro atoms. The Balaban J connectivity index is 2.20. The topological polar surface area (TPSA) is 41.6 Å². The van der Waals surface area contributed by atoms with Crippen LogP contribution < -0.4 is 5.32 Å². The SMILES string of the molecule is CN[C@H]1CCN(C(=O)OC(C)(C)C)C[C@H]1c1ccc(F)cc1C. The van der Waals surface area contributed by atoms with Crippen molar-refractivity contribution in [1.82, 2.24) is 10.2 Å². The second kappa shape index (κ2) is 6.87. The molecule has 1 aliphatic heterocycles. The highest BCUT2D eigenvalue weighted by molar-refractivity contribution is 5.68. The molecule has 0 radical (unpaired) electrons. The average Bonchev–Trinajstić information content (AvgIpc) is 2.45. The quantitative estimate of drug-likeness (QED) is 0.907. The van der Waals surface area contributed by atoms with E-state index in [-0.39, 0.29) is 23.9 Å². The van der Waals surface area contributed by atoms with E-state index in [1.54, 1.807) is 11.0 Å². The summed E-state index contributed by atoms with van der Waals surface area (Å²) in [6, 6.07) is 5.13. The van der Waals surface area contributed by atoms with Crippen molar-refractivity contribution in [3.05, 3.63) is 35.1 Å². The zero-order valence-electron chi connectivity index (χ0n) is 14.6. The first-order valence-corrected chi connectivity index (χ1v) is 8.12. The molecule has 2 rings (SSSR count). The minimum atomic E-state index is -0.502. The van der Waals surface area contributed by atoms with E-state index < -0.39 is 5.60 Å². The normalized spacial score (nSPS) is 22.1. The highest BCUT2D eigenvalue weighted by atomic mass is 19.1. The third-order valence-electron chi connectivity index (χ3n) is 4.27. The van der Waals surface area contributed by atoms with Crippen LogP contribution >= 0.6 is 0 Å². The molecule has 0 aliphatic carbocycles. The zero-order valence-corrected chi connectivity index (χ0v) is 14.6. The van der Waals surface area contributed by atoms with E-state index in [0.29, 0.717) is 13.1 Å². The summed E-state index contributed by atoms with van der Waals surface area (Å²) in [5, 5.41) is 3.33. The van der Waals surface area contributed by atoms with Crippen LogP contribution in [0.1, 0.15) is 44.2 Å². The molecule has 1 N–H and O–H groups in total. The standard InChI is InChI=1S/C18H27FN2O2/c1-12-10-13(19)6-7-14(12)15-11-21(9-8-16(15)20-5)17(22)23-18(2,3)4/h6-7,10,15-16,20H,8-9,11H2,1-5H3/t15-,16-/m0/s1. The Kier molecular flexibility index (Phi) is 5.30. The minimum Gasteiger partial charge on any atom is -0.444 e. The van der Waals surface area contributed by atoms with E-state index in [0.717, 1.165) is 17.5 Å². The number of piperidine rings is 1. The van der Waals surface area contributed by atoms with Crippen molar-refractivity contribution >= 4 is 6.09 Å². The number of halogens is 1. The average molecular weight is 322 g/mol. The number of benzene rings is 1. The molecule has 1 aliphatic rings. The van der Waals surface area contributed by atoms with Gasteiger partial charge in [-0.15, -0.1) is 0 Å². The van der Waals surface area contributed by atoms with Gasteiger partial charge in [-0.1, -0.05) is 6.07 Å². The van der Waals surface area contributed by atoms with Crippen LogP contribution in [0.5, 0.6) is 0 Å². The Morgan fingerprint density at radius 2 is 2.09 bits per heavy atom. The first-order chi connectivity index (χ1) is 10.7. The van der Waals surface area contributed by atoms with Crippen LogP contribution in [0, 0.1) is 12.7 Å². The van der Waals surface area contributed by atoms with Crippen LogP contribution in [0.3, 0.4) is 0 Å². The number of hydrogen-bond acceptors (Lipinski definition) is 3. The molecule has 1 amide bonds. The first kappa shape index (κ1) is 17.7. The van der Waals surface area contributed by atoms with Crippen molar-refractivity contribution in [1.29, 1.82) is 0 Å². The predicted octanol–water partition coefficient (Wildman–Crippen LogP) is 3.45. The molecule has 1 heterocycles. The Hall–Kier alpha value is -1.62. The van der Waals surface area contributed by atoms with Gasteiger partial charge in [0.2, 0.25) is 0 Å². The van der Waals surface area contributed by atoms with Gasteiger partial charge in [0.15, 0.2) is 0 Å². The number of nitrogens with one attached hydrogen (secondary N) is 1. The fourth-order valence-electron chi connectivity index (χ4n) is 3.16. The van der Waals surface area contributed by atoms with E-state index in [9.17, 15) is 9.18 Å². The second-order valence-electron chi connectivity index (χ2n) is 7.22. The van der Waals surface area contributed by atoms with E-state index in [1.807, 2.05) is 40.8 Å². The van der Waals surface area contributed by atoms with Gasteiger partial charge in [0.05, 0.1) is 0 Å². The molecule has 1 fully saturated rings. The molecule has 0 bridgehead atoms. The predicted molar refractivity (Wildman–Crippen MR) is 89.1 cm³/mol. The van der Waals surface area contributed by atoms with Crippen LogP contribution in [0.2, 0.25) is 0 Å². The van der Waals surface area contributed by atoms with Gasteiger partial charge in [0, 0.05) is 25.0 Å². The van der Waals surface area contributed by atoms with E-state index in [4.69, 9.17) is 4.74 Å². The zero-order chi connectivity index (χ0) is 17.2. The molecule has 1 aromatic rings. The summed E-state index contributed by atoms with van der Waals surface area (Å²) < 4.78 is 18.9. The van der Waals surface area contributed by atoms with Crippen molar-refractivity contribution in [2.45, 2.75) is 51.7 Å². The Labute approximate surface area is 138 Å². The van der Waals surface area contributed by atoms with Gasteiger partial charge in [-0.3, -0.25) is 0 Å². The third kappa shape index (κ3) is 4.44. The number of carbonyl (C=O) groups is 1. The molecule has 0 aromatic heterocycles. The number of nitrogens with zero attached hydrogens (tertiary/aromatic N) is 1. The molecule has 23 heavy (non-hydrogen) atoms. The summed E-state index contributed by atoms with van der Waals surface area (Å²) in [5.74, 6) is -0.103. The summed E-state index contributed by atoms with van der Waals surface area (Å²) in [4.78, 5) is 14.1. The molecule has 0 unspecified atom stereocenters. The maximum atomic E-state index is 13.4. The van der Waals surface area contributed by atoms with Crippen LogP contribution in [-0.4, -0.2) is 42.8 Å². The van der Waals surface area contributed by atoms with Crippen molar-refractivity contribution in [3.8, 4) is 0 Å². The summed E-state index contributed by atoms with van der Waals surface area (Å²) in [6.07, 6.45) is 0.564. The number of rotatable bonds is 2. The van der Waals surface area contributed by atoms with Gasteiger partial charge >= 0.3 is 6.09 Å². The number of hydrogen-bond donors (Lipinski definition) is 1. The summed E-state index contributed by atoms with van der Waals surface area (Å²) >= 11 is 0. The maximum Gasteiger partial charge on any atom is 0.410 e. The van der Waals surface area contributed by atoms with Crippen molar-refractivity contribution < 1.29 is 13.9 Å². The number of amides is 1. The number of aryl methyl sites for hydroxylation is 1. The first-order valence-electron chi connectivity index (χ1n) is 8.12. The fourth-order valence-corrected chi connectivity index (χ4v) is 3.16. The largest absolute Gasteiger partial charge is 0.444 e. The number of ether oxygens (including phenoxy) is 1. The highest BCUT2D eigenvalue weighted by Crippen LogP contribution is 2.30. The lowest BCUT2D eigenvalue weighted by atomic mass is 9.84. The number of carbonyl (C=O) groups excluding carboxylic acids is 1.